The third kappa shape index (κ3) is 4.66. The molecule has 0 aliphatic carbocycles. The monoisotopic (exact) mass is 359 g/mol. The molecular formula is C18H22FN5O2. The molecule has 1 aromatic carbocycles. The van der Waals surface area contributed by atoms with Gasteiger partial charge >= 0.3 is 0 Å². The lowest BCUT2D eigenvalue weighted by molar-refractivity contribution is -0.114. The first kappa shape index (κ1) is 18.1. The molecule has 1 aromatic heterocycles. The highest BCUT2D eigenvalue weighted by Gasteiger charge is 2.19. The van der Waals surface area contributed by atoms with Crippen LogP contribution in [0.25, 0.3) is 0 Å². The van der Waals surface area contributed by atoms with Crippen LogP contribution in [0, 0.1) is 12.7 Å². The molecule has 1 saturated heterocycles. The van der Waals surface area contributed by atoms with Crippen LogP contribution >= 0.6 is 0 Å². The Morgan fingerprint density at radius 3 is 3.04 bits per heavy atom. The molecule has 0 radical (unpaired) electrons. The van der Waals surface area contributed by atoms with E-state index in [1.54, 1.807) is 25.3 Å². The summed E-state index contributed by atoms with van der Waals surface area (Å²) in [6.45, 7) is 3.05. The molecule has 2 aromatic rings. The number of aliphatic hydroxyl groups excluding tert-OH is 1. The number of nitrogens with zero attached hydrogens (tertiary/aromatic N) is 3. The Morgan fingerprint density at radius 2 is 2.27 bits per heavy atom. The molecule has 3 N–H and O–H groups in total. The maximum Gasteiger partial charge on any atom is 0.243 e. The van der Waals surface area contributed by atoms with E-state index in [1.165, 1.54) is 12.1 Å². The maximum atomic E-state index is 13.8. The van der Waals surface area contributed by atoms with Crippen molar-refractivity contribution in [1.82, 2.24) is 9.97 Å². The van der Waals surface area contributed by atoms with Crippen LogP contribution in [-0.4, -0.2) is 46.7 Å². The summed E-state index contributed by atoms with van der Waals surface area (Å²) in [5.74, 6) is 0.142. The topological polar surface area (TPSA) is 90.4 Å². The number of nitrogens with one attached hydrogen (secondary N) is 2. The fourth-order valence-corrected chi connectivity index (χ4v) is 2.85. The summed E-state index contributed by atoms with van der Waals surface area (Å²) in [6, 6.07) is 6.39. The van der Waals surface area contributed by atoms with E-state index in [0.29, 0.717) is 18.3 Å². The smallest absolute Gasteiger partial charge is 0.243 e. The highest BCUT2D eigenvalue weighted by Crippen LogP contribution is 2.18. The van der Waals surface area contributed by atoms with Crippen molar-refractivity contribution >= 4 is 23.4 Å². The summed E-state index contributed by atoms with van der Waals surface area (Å²) < 4.78 is 13.8. The van der Waals surface area contributed by atoms with Gasteiger partial charge in [0.15, 0.2) is 0 Å². The average Bonchev–Trinajstić information content (AvgIpc) is 2.63. The van der Waals surface area contributed by atoms with Crippen molar-refractivity contribution in [3.8, 4) is 0 Å². The number of rotatable bonds is 5. The highest BCUT2D eigenvalue weighted by atomic mass is 19.1. The van der Waals surface area contributed by atoms with Crippen molar-refractivity contribution in [1.29, 1.82) is 0 Å². The second-order valence-corrected chi connectivity index (χ2v) is 6.37. The van der Waals surface area contributed by atoms with Gasteiger partial charge in [0.1, 0.15) is 11.6 Å². The molecule has 0 bridgehead atoms. The van der Waals surface area contributed by atoms with E-state index in [-0.39, 0.29) is 18.3 Å². The Balaban J connectivity index is 1.57. The molecule has 0 unspecified atom stereocenters. The predicted molar refractivity (Wildman–Crippen MR) is 97.7 cm³/mol. The van der Waals surface area contributed by atoms with Gasteiger partial charge in [-0.3, -0.25) is 4.79 Å². The molecule has 26 heavy (non-hydrogen) atoms. The minimum Gasteiger partial charge on any atom is -0.391 e. The maximum absolute atomic E-state index is 13.8. The van der Waals surface area contributed by atoms with Crippen LogP contribution in [0.1, 0.15) is 18.4 Å². The largest absolute Gasteiger partial charge is 0.391 e. The summed E-state index contributed by atoms with van der Waals surface area (Å²) in [5, 5.41) is 15.1. The molecule has 0 spiro atoms. The minimum absolute atomic E-state index is 0.0839. The molecule has 8 heteroatoms. The van der Waals surface area contributed by atoms with Gasteiger partial charge in [-0.1, -0.05) is 6.07 Å². The van der Waals surface area contributed by atoms with Crippen molar-refractivity contribution in [2.75, 3.05) is 35.2 Å². The number of hydrogen-bond acceptors (Lipinski definition) is 6. The molecule has 1 amide bonds. The predicted octanol–water partition coefficient (Wildman–Crippen LogP) is 1.94. The zero-order valence-corrected chi connectivity index (χ0v) is 14.6. The number of carbonyl (C=O) groups excluding carboxylic acids is 1. The van der Waals surface area contributed by atoms with Gasteiger partial charge in [-0.25, -0.2) is 9.37 Å². The highest BCUT2D eigenvalue weighted by molar-refractivity contribution is 5.93. The molecule has 1 atom stereocenters. The molecule has 138 valence electrons. The van der Waals surface area contributed by atoms with Crippen LogP contribution < -0.4 is 15.5 Å². The van der Waals surface area contributed by atoms with E-state index in [2.05, 4.69) is 20.6 Å². The third-order valence-corrected chi connectivity index (χ3v) is 4.17. The Bertz CT molecular complexity index is 786. The quantitative estimate of drug-likeness (QED) is 0.756. The van der Waals surface area contributed by atoms with Gasteiger partial charge in [-0.2, -0.15) is 4.98 Å². The average molecular weight is 359 g/mol. The Kier molecular flexibility index (Phi) is 5.62. The summed E-state index contributed by atoms with van der Waals surface area (Å²) in [7, 11) is 0. The molecule has 0 saturated carbocycles. The first-order valence-electron chi connectivity index (χ1n) is 8.57. The standard InChI is InChI=1S/C18H22FN5O2/c1-12-4-5-15(14(19)9-12)22-17(26)10-21-18-20-7-6-16(23-18)24-8-2-3-13(25)11-24/h4-7,9,13,25H,2-3,8,10-11H2,1H3,(H,22,26)(H,20,21,23)/t13-/m0/s1. The number of amides is 1. The summed E-state index contributed by atoms with van der Waals surface area (Å²) >= 11 is 0. The number of hydrogen-bond donors (Lipinski definition) is 3. The summed E-state index contributed by atoms with van der Waals surface area (Å²) in [4.78, 5) is 22.5. The molecule has 7 nitrogen and oxygen atoms in total. The van der Waals surface area contributed by atoms with E-state index in [0.717, 1.165) is 24.9 Å². The Hall–Kier alpha value is -2.74. The number of aryl methyl sites for hydroxylation is 1. The Morgan fingerprint density at radius 1 is 1.42 bits per heavy atom. The second-order valence-electron chi connectivity index (χ2n) is 6.37. The van der Waals surface area contributed by atoms with Gasteiger partial charge in [-0.15, -0.1) is 0 Å². The molecule has 3 rings (SSSR count). The Labute approximate surface area is 151 Å². The number of aliphatic hydroxyl groups is 1. The minimum atomic E-state index is -0.472. The number of piperidine rings is 1. The SMILES string of the molecule is Cc1ccc(NC(=O)CNc2nccc(N3CCC[C@H](O)C3)n2)c(F)c1. The lowest BCUT2D eigenvalue weighted by Crippen LogP contribution is -2.38. The van der Waals surface area contributed by atoms with Crippen molar-refractivity contribution in [3.05, 3.63) is 41.8 Å². The van der Waals surface area contributed by atoms with Crippen LogP contribution in [-0.2, 0) is 4.79 Å². The zero-order valence-electron chi connectivity index (χ0n) is 14.6. The molecule has 2 heterocycles. The van der Waals surface area contributed by atoms with E-state index in [1.807, 2.05) is 4.90 Å². The number of anilines is 3. The van der Waals surface area contributed by atoms with Crippen molar-refractivity contribution in [2.45, 2.75) is 25.9 Å². The number of carbonyl (C=O) groups is 1. The fraction of sp³-hybridized carbons (Fsp3) is 0.389. The van der Waals surface area contributed by atoms with Gasteiger partial charge in [0.2, 0.25) is 11.9 Å². The zero-order chi connectivity index (χ0) is 18.5. The first-order valence-corrected chi connectivity index (χ1v) is 8.57. The molecule has 1 aliphatic heterocycles. The third-order valence-electron chi connectivity index (χ3n) is 4.17. The van der Waals surface area contributed by atoms with Gasteiger partial charge in [0, 0.05) is 19.3 Å². The van der Waals surface area contributed by atoms with Crippen LogP contribution in [0.5, 0.6) is 0 Å². The number of benzene rings is 1. The van der Waals surface area contributed by atoms with Gasteiger partial charge in [0.05, 0.1) is 18.3 Å². The fourth-order valence-electron chi connectivity index (χ4n) is 2.85. The lowest BCUT2D eigenvalue weighted by atomic mass is 10.1. The summed E-state index contributed by atoms with van der Waals surface area (Å²) in [5.41, 5.74) is 0.922. The second kappa shape index (κ2) is 8.09. The number of halogens is 1. The number of aromatic nitrogens is 2. The van der Waals surface area contributed by atoms with Gasteiger partial charge in [0.25, 0.3) is 0 Å². The van der Waals surface area contributed by atoms with Gasteiger partial charge < -0.3 is 20.6 Å². The van der Waals surface area contributed by atoms with E-state index in [9.17, 15) is 14.3 Å². The summed E-state index contributed by atoms with van der Waals surface area (Å²) in [6.07, 6.45) is 2.94. The molecule has 1 aliphatic rings. The van der Waals surface area contributed by atoms with Crippen molar-refractivity contribution < 1.29 is 14.3 Å². The number of β-amino-alcohol motifs (C(OH)–C–C–N with tert-alkyl or cyclic N) is 1. The first-order chi connectivity index (χ1) is 12.5. The van der Waals surface area contributed by atoms with E-state index >= 15 is 0 Å². The van der Waals surface area contributed by atoms with Gasteiger partial charge in [-0.05, 0) is 43.5 Å². The van der Waals surface area contributed by atoms with E-state index in [4.69, 9.17) is 0 Å². The van der Waals surface area contributed by atoms with Crippen LogP contribution in [0.3, 0.4) is 0 Å². The van der Waals surface area contributed by atoms with Crippen LogP contribution in [0.2, 0.25) is 0 Å². The van der Waals surface area contributed by atoms with Crippen molar-refractivity contribution in [3.63, 3.8) is 0 Å². The van der Waals surface area contributed by atoms with Crippen LogP contribution in [0.4, 0.5) is 21.8 Å². The molecule has 1 fully saturated rings. The van der Waals surface area contributed by atoms with Crippen molar-refractivity contribution in [2.24, 2.45) is 0 Å². The van der Waals surface area contributed by atoms with E-state index < -0.39 is 11.7 Å². The van der Waals surface area contributed by atoms with Crippen LogP contribution in [0.15, 0.2) is 30.5 Å². The normalized spacial score (nSPS) is 17.0. The lowest BCUT2D eigenvalue weighted by Gasteiger charge is -2.31. The molecular weight excluding hydrogens is 337 g/mol.